The van der Waals surface area contributed by atoms with Crippen molar-refractivity contribution in [3.8, 4) is 0 Å². The van der Waals surface area contributed by atoms with Gasteiger partial charge < -0.3 is 5.73 Å². The van der Waals surface area contributed by atoms with Crippen LogP contribution >= 0.6 is 11.6 Å². The maximum atomic E-state index is 13.1. The lowest BCUT2D eigenvalue weighted by Crippen LogP contribution is -2.13. The van der Waals surface area contributed by atoms with Crippen molar-refractivity contribution >= 4 is 24.9 Å². The Bertz CT molecular complexity index is 278. The van der Waals surface area contributed by atoms with Crippen LogP contribution < -0.4 is 11.2 Å². The third kappa shape index (κ3) is 1.79. The predicted molar refractivity (Wildman–Crippen MR) is 52.2 cm³/mol. The van der Waals surface area contributed by atoms with Crippen molar-refractivity contribution in [1.82, 2.24) is 0 Å². The van der Waals surface area contributed by atoms with Crippen LogP contribution in [0.15, 0.2) is 12.1 Å². The smallest absolute Gasteiger partial charge is 0.145 e. The molecule has 1 rings (SSSR count). The van der Waals surface area contributed by atoms with Gasteiger partial charge in [-0.25, -0.2) is 4.39 Å². The van der Waals surface area contributed by atoms with Gasteiger partial charge in [0.05, 0.1) is 0 Å². The van der Waals surface area contributed by atoms with E-state index in [0.29, 0.717) is 10.5 Å². The van der Waals surface area contributed by atoms with Crippen LogP contribution in [0.5, 0.6) is 0 Å². The first kappa shape index (κ1) is 9.55. The number of rotatable bonds is 1. The van der Waals surface area contributed by atoms with Crippen LogP contribution in [0.4, 0.5) is 4.39 Å². The lowest BCUT2D eigenvalue weighted by atomic mass is 9.93. The molecule has 0 radical (unpaired) electrons. The minimum atomic E-state index is -0.296. The minimum absolute atomic E-state index is 0.183. The first-order valence-corrected chi connectivity index (χ1v) is 4.11. The Morgan fingerprint density at radius 1 is 1.58 bits per heavy atom. The summed E-state index contributed by atoms with van der Waals surface area (Å²) in [5.41, 5.74) is 6.77. The zero-order valence-corrected chi connectivity index (χ0v) is 7.82. The third-order valence-electron chi connectivity index (χ3n) is 1.83. The Balaban J connectivity index is 3.21. The van der Waals surface area contributed by atoms with Crippen molar-refractivity contribution in [2.24, 2.45) is 5.73 Å². The zero-order chi connectivity index (χ0) is 9.30. The Labute approximate surface area is 77.1 Å². The summed E-state index contributed by atoms with van der Waals surface area (Å²) < 4.78 is 13.1. The molecule has 4 heteroatoms. The van der Waals surface area contributed by atoms with Crippen molar-refractivity contribution in [1.29, 1.82) is 0 Å². The first-order chi connectivity index (χ1) is 5.52. The molecule has 2 N–H and O–H groups in total. The molecular formula is C8H10BClFN. The molecule has 0 bridgehead atoms. The molecule has 0 amide bonds. The Morgan fingerprint density at radius 3 is 2.58 bits per heavy atom. The van der Waals surface area contributed by atoms with E-state index < -0.39 is 0 Å². The molecule has 1 aromatic rings. The van der Waals surface area contributed by atoms with E-state index in [1.807, 2.05) is 0 Å². The normalized spacial score (nSPS) is 13.0. The highest BCUT2D eigenvalue weighted by molar-refractivity contribution is 6.45. The van der Waals surface area contributed by atoms with Gasteiger partial charge in [-0.15, -0.1) is 0 Å². The van der Waals surface area contributed by atoms with E-state index in [4.69, 9.17) is 17.3 Å². The zero-order valence-electron chi connectivity index (χ0n) is 7.07. The Hall–Kier alpha value is -0.535. The molecule has 1 nitrogen and oxygen atoms in total. The molecule has 0 aromatic heterocycles. The number of hydrogen-bond donors (Lipinski definition) is 1. The number of nitrogens with two attached hydrogens (primary N) is 1. The topological polar surface area (TPSA) is 26.0 Å². The first-order valence-electron chi connectivity index (χ1n) is 3.73. The van der Waals surface area contributed by atoms with Gasteiger partial charge in [0, 0.05) is 11.1 Å². The Morgan fingerprint density at radius 2 is 2.17 bits per heavy atom. The second kappa shape index (κ2) is 3.46. The summed E-state index contributed by atoms with van der Waals surface area (Å²) in [4.78, 5) is 0. The van der Waals surface area contributed by atoms with E-state index >= 15 is 0 Å². The van der Waals surface area contributed by atoms with E-state index in [0.717, 1.165) is 5.56 Å². The van der Waals surface area contributed by atoms with Crippen molar-refractivity contribution in [3.05, 3.63) is 28.5 Å². The van der Waals surface area contributed by atoms with Crippen LogP contribution in [-0.2, 0) is 0 Å². The summed E-state index contributed by atoms with van der Waals surface area (Å²) >= 11 is 5.77. The summed E-state index contributed by atoms with van der Waals surface area (Å²) in [7, 11) is 1.64. The number of halogens is 2. The number of benzene rings is 1. The van der Waals surface area contributed by atoms with Gasteiger partial charge in [0.15, 0.2) is 0 Å². The van der Waals surface area contributed by atoms with E-state index in [-0.39, 0.29) is 11.9 Å². The van der Waals surface area contributed by atoms with E-state index in [2.05, 4.69) is 0 Å². The lowest BCUT2D eigenvalue weighted by Gasteiger charge is -2.08. The summed E-state index contributed by atoms with van der Waals surface area (Å²) in [6.07, 6.45) is 0. The van der Waals surface area contributed by atoms with E-state index in [1.54, 1.807) is 20.8 Å². The molecule has 1 atom stereocenters. The van der Waals surface area contributed by atoms with Crippen LogP contribution in [0.1, 0.15) is 18.5 Å². The van der Waals surface area contributed by atoms with Crippen molar-refractivity contribution in [3.63, 3.8) is 0 Å². The van der Waals surface area contributed by atoms with E-state index in [1.165, 1.54) is 6.07 Å². The van der Waals surface area contributed by atoms with E-state index in [9.17, 15) is 4.39 Å². The molecule has 64 valence electrons. The Kier molecular flexibility index (Phi) is 2.75. The molecular weight excluding hydrogens is 175 g/mol. The van der Waals surface area contributed by atoms with Crippen LogP contribution in [0, 0.1) is 5.82 Å². The van der Waals surface area contributed by atoms with Crippen molar-refractivity contribution < 1.29 is 4.39 Å². The van der Waals surface area contributed by atoms with Gasteiger partial charge in [-0.05, 0) is 30.1 Å². The molecule has 1 aromatic carbocycles. The van der Waals surface area contributed by atoms with Gasteiger partial charge in [-0.2, -0.15) is 0 Å². The summed E-state index contributed by atoms with van der Waals surface area (Å²) in [5, 5.41) is 0.433. The molecule has 0 aliphatic heterocycles. The standard InChI is InChI=1S/C8H10BClFN/c1-4(12)5-2-6(10)8(9)7(11)3-5/h2-4H,9,12H2,1H3. The van der Waals surface area contributed by atoms with Crippen LogP contribution in [0.25, 0.3) is 0 Å². The quantitative estimate of drug-likeness (QED) is 0.642. The molecule has 0 heterocycles. The fourth-order valence-corrected chi connectivity index (χ4v) is 1.14. The minimum Gasteiger partial charge on any atom is -0.324 e. The highest BCUT2D eigenvalue weighted by atomic mass is 35.5. The molecule has 0 spiro atoms. The molecule has 0 aliphatic rings. The fraction of sp³-hybridized carbons (Fsp3) is 0.250. The maximum absolute atomic E-state index is 13.1. The molecule has 0 fully saturated rings. The van der Waals surface area contributed by atoms with Crippen molar-refractivity contribution in [2.75, 3.05) is 0 Å². The van der Waals surface area contributed by atoms with Gasteiger partial charge in [0.2, 0.25) is 0 Å². The average Bonchev–Trinajstić information content (AvgIpc) is 1.99. The summed E-state index contributed by atoms with van der Waals surface area (Å²) in [6.45, 7) is 1.79. The monoisotopic (exact) mass is 185 g/mol. The SMILES string of the molecule is Bc1c(F)cc(C(C)N)cc1Cl. The van der Waals surface area contributed by atoms with Gasteiger partial charge in [-0.3, -0.25) is 0 Å². The van der Waals surface area contributed by atoms with Gasteiger partial charge in [-0.1, -0.05) is 11.6 Å². The maximum Gasteiger partial charge on any atom is 0.145 e. The second-order valence-corrected chi connectivity index (χ2v) is 3.31. The van der Waals surface area contributed by atoms with Crippen LogP contribution in [0.2, 0.25) is 5.02 Å². The fourth-order valence-electron chi connectivity index (χ4n) is 0.928. The summed E-state index contributed by atoms with van der Waals surface area (Å²) in [5.74, 6) is -0.296. The third-order valence-corrected chi connectivity index (χ3v) is 2.22. The van der Waals surface area contributed by atoms with Gasteiger partial charge in [0.25, 0.3) is 0 Å². The molecule has 1 unspecified atom stereocenters. The van der Waals surface area contributed by atoms with Crippen molar-refractivity contribution in [2.45, 2.75) is 13.0 Å². The highest BCUT2D eigenvalue weighted by Crippen LogP contribution is 2.15. The van der Waals surface area contributed by atoms with Crippen LogP contribution in [0.3, 0.4) is 0 Å². The van der Waals surface area contributed by atoms with Gasteiger partial charge >= 0.3 is 0 Å². The van der Waals surface area contributed by atoms with Crippen LogP contribution in [-0.4, -0.2) is 7.85 Å². The predicted octanol–water partition coefficient (Wildman–Crippen LogP) is 0.757. The summed E-state index contributed by atoms with van der Waals surface area (Å²) in [6, 6.07) is 2.94. The largest absolute Gasteiger partial charge is 0.324 e. The second-order valence-electron chi connectivity index (χ2n) is 2.90. The molecule has 0 saturated carbocycles. The molecule has 0 saturated heterocycles. The average molecular weight is 185 g/mol. The molecule has 12 heavy (non-hydrogen) atoms. The molecule has 0 aliphatic carbocycles. The lowest BCUT2D eigenvalue weighted by molar-refractivity contribution is 0.630. The highest BCUT2D eigenvalue weighted by Gasteiger charge is 2.07. The number of hydrogen-bond acceptors (Lipinski definition) is 1. The van der Waals surface area contributed by atoms with Gasteiger partial charge in [0.1, 0.15) is 13.7 Å².